The van der Waals surface area contributed by atoms with Crippen molar-refractivity contribution in [2.45, 2.75) is 25.8 Å². The summed E-state index contributed by atoms with van der Waals surface area (Å²) in [6.07, 6.45) is 1.80. The van der Waals surface area contributed by atoms with E-state index in [9.17, 15) is 4.79 Å². The van der Waals surface area contributed by atoms with Gasteiger partial charge in [-0.15, -0.1) is 0 Å². The summed E-state index contributed by atoms with van der Waals surface area (Å²) in [5.74, 6) is 0.793. The van der Waals surface area contributed by atoms with Gasteiger partial charge in [0, 0.05) is 6.04 Å². The topological polar surface area (TPSA) is 59.0 Å². The Kier molecular flexibility index (Phi) is 4.27. The van der Waals surface area contributed by atoms with Crippen molar-refractivity contribution in [3.8, 4) is 11.5 Å². The van der Waals surface area contributed by atoms with E-state index in [1.54, 1.807) is 0 Å². The smallest absolute Gasteiger partial charge is 0.317 e. The van der Waals surface area contributed by atoms with Crippen LogP contribution in [0.25, 0.3) is 0 Å². The van der Waals surface area contributed by atoms with E-state index in [2.05, 4.69) is 0 Å². The molecule has 0 saturated carbocycles. The number of aryl methyl sites for hydroxylation is 1. The van der Waals surface area contributed by atoms with Gasteiger partial charge in [-0.1, -0.05) is 6.07 Å². The van der Waals surface area contributed by atoms with Crippen LogP contribution in [0.5, 0.6) is 11.5 Å². The highest BCUT2D eigenvalue weighted by molar-refractivity contribution is 5.69. The standard InChI is InChI=1S/C14H19NO4/c1-10(15(2)8-14(16)17)3-4-11-5-6-12-13(7-11)19-9-18-12/h5-7,10H,3-4,8-9H2,1-2H3,(H,16,17). The molecule has 1 aromatic rings. The van der Waals surface area contributed by atoms with Gasteiger partial charge >= 0.3 is 5.97 Å². The van der Waals surface area contributed by atoms with Crippen LogP contribution >= 0.6 is 0 Å². The lowest BCUT2D eigenvalue weighted by molar-refractivity contribution is -0.138. The van der Waals surface area contributed by atoms with Gasteiger partial charge in [0.25, 0.3) is 0 Å². The molecule has 1 atom stereocenters. The molecule has 1 aromatic carbocycles. The monoisotopic (exact) mass is 265 g/mol. The molecule has 2 rings (SSSR count). The van der Waals surface area contributed by atoms with Crippen LogP contribution in [0.3, 0.4) is 0 Å². The first-order chi connectivity index (χ1) is 9.06. The lowest BCUT2D eigenvalue weighted by Crippen LogP contribution is -2.34. The number of hydrogen-bond acceptors (Lipinski definition) is 4. The van der Waals surface area contributed by atoms with Crippen LogP contribution in [0.2, 0.25) is 0 Å². The van der Waals surface area contributed by atoms with Crippen LogP contribution in [0.4, 0.5) is 0 Å². The van der Waals surface area contributed by atoms with E-state index >= 15 is 0 Å². The van der Waals surface area contributed by atoms with Crippen LogP contribution in [0.1, 0.15) is 18.9 Å². The van der Waals surface area contributed by atoms with Crippen molar-refractivity contribution in [3.63, 3.8) is 0 Å². The Morgan fingerprint density at radius 3 is 2.89 bits per heavy atom. The van der Waals surface area contributed by atoms with E-state index in [0.29, 0.717) is 0 Å². The maximum absolute atomic E-state index is 10.6. The largest absolute Gasteiger partial charge is 0.480 e. The number of carboxylic acid groups (broad SMARTS) is 1. The molecule has 0 radical (unpaired) electrons. The van der Waals surface area contributed by atoms with Crippen LogP contribution in [0.15, 0.2) is 18.2 Å². The van der Waals surface area contributed by atoms with Gasteiger partial charge in [0.2, 0.25) is 6.79 Å². The number of likely N-dealkylation sites (N-methyl/N-ethyl adjacent to an activating group) is 1. The molecule has 1 aliphatic rings. The molecule has 104 valence electrons. The molecule has 0 fully saturated rings. The summed E-state index contributed by atoms with van der Waals surface area (Å²) in [6, 6.07) is 6.16. The highest BCUT2D eigenvalue weighted by Crippen LogP contribution is 2.32. The van der Waals surface area contributed by atoms with Gasteiger partial charge in [0.1, 0.15) is 0 Å². The van der Waals surface area contributed by atoms with Crippen molar-refractivity contribution in [1.29, 1.82) is 0 Å². The van der Waals surface area contributed by atoms with Gasteiger partial charge in [0.15, 0.2) is 11.5 Å². The molecular weight excluding hydrogens is 246 g/mol. The predicted octanol–water partition coefficient (Wildman–Crippen LogP) is 1.75. The first kappa shape index (κ1) is 13.7. The number of hydrogen-bond donors (Lipinski definition) is 1. The Morgan fingerprint density at radius 1 is 1.42 bits per heavy atom. The molecule has 0 spiro atoms. The van der Waals surface area contributed by atoms with Crippen molar-refractivity contribution < 1.29 is 19.4 Å². The van der Waals surface area contributed by atoms with Gasteiger partial charge in [0.05, 0.1) is 6.54 Å². The zero-order valence-electron chi connectivity index (χ0n) is 11.3. The fourth-order valence-corrected chi connectivity index (χ4v) is 2.06. The van der Waals surface area contributed by atoms with Gasteiger partial charge in [-0.05, 0) is 44.5 Å². The molecule has 19 heavy (non-hydrogen) atoms. The van der Waals surface area contributed by atoms with E-state index in [1.165, 1.54) is 5.56 Å². The maximum atomic E-state index is 10.6. The van der Waals surface area contributed by atoms with E-state index in [1.807, 2.05) is 37.1 Å². The van der Waals surface area contributed by atoms with Crippen molar-refractivity contribution in [1.82, 2.24) is 4.90 Å². The molecule has 0 bridgehead atoms. The first-order valence-corrected chi connectivity index (χ1v) is 6.37. The van der Waals surface area contributed by atoms with Gasteiger partial charge in [-0.3, -0.25) is 9.69 Å². The van der Waals surface area contributed by atoms with Crippen molar-refractivity contribution in [2.24, 2.45) is 0 Å². The van der Waals surface area contributed by atoms with E-state index in [4.69, 9.17) is 14.6 Å². The molecule has 1 N–H and O–H groups in total. The van der Waals surface area contributed by atoms with E-state index in [0.717, 1.165) is 24.3 Å². The molecule has 1 aliphatic heterocycles. The number of benzene rings is 1. The van der Waals surface area contributed by atoms with Crippen LogP contribution in [0, 0.1) is 0 Å². The first-order valence-electron chi connectivity index (χ1n) is 6.37. The Balaban J connectivity index is 1.86. The lowest BCUT2D eigenvalue weighted by Gasteiger charge is -2.22. The lowest BCUT2D eigenvalue weighted by atomic mass is 10.0. The Morgan fingerprint density at radius 2 is 2.16 bits per heavy atom. The minimum absolute atomic E-state index is 0.0717. The molecule has 5 heteroatoms. The van der Waals surface area contributed by atoms with E-state index in [-0.39, 0.29) is 19.4 Å². The number of nitrogens with zero attached hydrogens (tertiary/aromatic N) is 1. The second kappa shape index (κ2) is 5.93. The van der Waals surface area contributed by atoms with Crippen molar-refractivity contribution >= 4 is 5.97 Å². The number of rotatable bonds is 6. The molecular formula is C14H19NO4. The molecule has 0 amide bonds. The Bertz CT molecular complexity index is 461. The number of fused-ring (bicyclic) bond motifs is 1. The highest BCUT2D eigenvalue weighted by atomic mass is 16.7. The molecule has 5 nitrogen and oxygen atoms in total. The SMILES string of the molecule is CC(CCc1ccc2c(c1)OCO2)N(C)CC(=O)O. The summed E-state index contributed by atoms with van der Waals surface area (Å²) in [5, 5.41) is 8.75. The fraction of sp³-hybridized carbons (Fsp3) is 0.500. The van der Waals surface area contributed by atoms with Gasteiger partial charge in [-0.25, -0.2) is 0 Å². The molecule has 0 saturated heterocycles. The number of ether oxygens (including phenoxy) is 2. The third-order valence-corrected chi connectivity index (χ3v) is 3.42. The van der Waals surface area contributed by atoms with Crippen molar-refractivity contribution in [2.75, 3.05) is 20.4 Å². The van der Waals surface area contributed by atoms with Gasteiger partial charge in [-0.2, -0.15) is 0 Å². The zero-order chi connectivity index (χ0) is 13.8. The van der Waals surface area contributed by atoms with E-state index < -0.39 is 5.97 Å². The summed E-state index contributed by atoms with van der Waals surface area (Å²) in [7, 11) is 1.83. The third-order valence-electron chi connectivity index (χ3n) is 3.42. The predicted molar refractivity (Wildman–Crippen MR) is 70.6 cm³/mol. The minimum atomic E-state index is -0.794. The summed E-state index contributed by atoms with van der Waals surface area (Å²) in [6.45, 7) is 2.40. The highest BCUT2D eigenvalue weighted by Gasteiger charge is 2.15. The van der Waals surface area contributed by atoms with Crippen LogP contribution in [-0.2, 0) is 11.2 Å². The average Bonchev–Trinajstić information content (AvgIpc) is 2.82. The number of carboxylic acids is 1. The maximum Gasteiger partial charge on any atom is 0.317 e. The molecule has 0 aliphatic carbocycles. The molecule has 1 unspecified atom stereocenters. The number of carbonyl (C=O) groups is 1. The van der Waals surface area contributed by atoms with Crippen molar-refractivity contribution in [3.05, 3.63) is 23.8 Å². The minimum Gasteiger partial charge on any atom is -0.480 e. The van der Waals surface area contributed by atoms with Gasteiger partial charge < -0.3 is 14.6 Å². The Hall–Kier alpha value is -1.75. The quantitative estimate of drug-likeness (QED) is 0.849. The Labute approximate surface area is 112 Å². The molecule has 1 heterocycles. The second-order valence-corrected chi connectivity index (χ2v) is 4.88. The summed E-state index contributed by atoms with van der Waals surface area (Å²) < 4.78 is 10.6. The normalized spacial score (nSPS) is 14.7. The summed E-state index contributed by atoms with van der Waals surface area (Å²) in [5.41, 5.74) is 1.18. The number of aliphatic carboxylic acids is 1. The van der Waals surface area contributed by atoms with Crippen LogP contribution in [-0.4, -0.2) is 42.4 Å². The van der Waals surface area contributed by atoms with Crippen LogP contribution < -0.4 is 9.47 Å². The fourth-order valence-electron chi connectivity index (χ4n) is 2.06. The summed E-state index contributed by atoms with van der Waals surface area (Å²) in [4.78, 5) is 12.5. The average molecular weight is 265 g/mol. The molecule has 0 aromatic heterocycles. The second-order valence-electron chi connectivity index (χ2n) is 4.88. The summed E-state index contributed by atoms with van der Waals surface area (Å²) >= 11 is 0. The zero-order valence-corrected chi connectivity index (χ0v) is 11.3. The third kappa shape index (κ3) is 3.61.